The minimum Gasteiger partial charge on any atom is -0.373 e. The molecule has 0 bridgehead atoms. The first-order valence-corrected chi connectivity index (χ1v) is 16.4. The molecule has 0 fully saturated rings. The van der Waals surface area contributed by atoms with Gasteiger partial charge < -0.3 is 5.32 Å². The van der Waals surface area contributed by atoms with Gasteiger partial charge in [-0.05, 0) is 70.1 Å². The molecule has 0 spiro atoms. The van der Waals surface area contributed by atoms with Gasteiger partial charge in [0.1, 0.15) is 5.84 Å². The molecule has 1 N–H and O–H groups in total. The van der Waals surface area contributed by atoms with Gasteiger partial charge >= 0.3 is 0 Å². The second kappa shape index (κ2) is 15.7. The highest BCUT2D eigenvalue weighted by Crippen LogP contribution is 2.41. The van der Waals surface area contributed by atoms with Crippen molar-refractivity contribution in [2.24, 2.45) is 9.98 Å². The first kappa shape index (κ1) is 32.2. The van der Waals surface area contributed by atoms with Crippen molar-refractivity contribution < 1.29 is 0 Å². The Bertz CT molecular complexity index is 2040. The average Bonchev–Trinajstić information content (AvgIpc) is 3.15. The largest absolute Gasteiger partial charge is 0.373 e. The summed E-state index contributed by atoms with van der Waals surface area (Å²) in [5.41, 5.74) is 10.6. The quantitative estimate of drug-likeness (QED) is 0.100. The van der Waals surface area contributed by atoms with Crippen molar-refractivity contribution in [2.75, 3.05) is 7.05 Å². The number of nitrogens with one attached hydrogen (secondary N) is 1. The van der Waals surface area contributed by atoms with Crippen molar-refractivity contribution in [1.29, 1.82) is 0 Å². The molecule has 234 valence electrons. The van der Waals surface area contributed by atoms with E-state index in [0.29, 0.717) is 16.7 Å². The topological polar surface area (TPSA) is 36.8 Å². The number of allylic oxidation sites excluding steroid dienone is 3. The molecule has 0 heterocycles. The van der Waals surface area contributed by atoms with E-state index in [4.69, 9.17) is 21.6 Å². The first-order chi connectivity index (χ1) is 23.6. The molecule has 3 nitrogen and oxygen atoms in total. The van der Waals surface area contributed by atoms with E-state index in [-0.39, 0.29) is 0 Å². The lowest BCUT2D eigenvalue weighted by atomic mass is 9.84. The zero-order valence-corrected chi connectivity index (χ0v) is 27.8. The van der Waals surface area contributed by atoms with Crippen molar-refractivity contribution >= 4 is 28.8 Å². The number of benzene rings is 6. The Hall–Kier alpha value is -5.77. The van der Waals surface area contributed by atoms with E-state index in [9.17, 15) is 0 Å². The van der Waals surface area contributed by atoms with Crippen LogP contribution in [0.4, 0.5) is 0 Å². The molecule has 48 heavy (non-hydrogen) atoms. The molecule has 0 radical (unpaired) electrons. The predicted molar refractivity (Wildman–Crippen MR) is 206 cm³/mol. The summed E-state index contributed by atoms with van der Waals surface area (Å²) in [4.78, 5) is 10.2. The Kier molecular flexibility index (Phi) is 10.5. The van der Waals surface area contributed by atoms with Crippen LogP contribution in [0.15, 0.2) is 186 Å². The van der Waals surface area contributed by atoms with Gasteiger partial charge in [0.15, 0.2) is 5.84 Å². The maximum Gasteiger partial charge on any atom is 0.161 e. The average molecular weight is 642 g/mol. The smallest absolute Gasteiger partial charge is 0.161 e. The Labute approximate surface area is 288 Å². The van der Waals surface area contributed by atoms with Gasteiger partial charge in [0.25, 0.3) is 0 Å². The molecule has 0 unspecified atom stereocenters. The maximum atomic E-state index is 6.36. The van der Waals surface area contributed by atoms with Crippen molar-refractivity contribution in [3.05, 3.63) is 198 Å². The molecule has 6 aromatic rings. The predicted octanol–water partition coefficient (Wildman–Crippen LogP) is 11.4. The van der Waals surface area contributed by atoms with Crippen LogP contribution in [0.5, 0.6) is 0 Å². The van der Waals surface area contributed by atoms with E-state index < -0.39 is 0 Å². The van der Waals surface area contributed by atoms with Crippen LogP contribution < -0.4 is 5.32 Å². The van der Waals surface area contributed by atoms with E-state index in [1.807, 2.05) is 74.8 Å². The SMILES string of the molecule is C/C=C\C(=C/N=C(N=C(NC)c1cccc(Cl)c1)c1ccccc1)c1c(-c2ccccc2)cc(-c2ccccc2)cc1-c1ccccc1. The monoisotopic (exact) mass is 641 g/mol. The van der Waals surface area contributed by atoms with Gasteiger partial charge in [0.05, 0.1) is 0 Å². The summed E-state index contributed by atoms with van der Waals surface area (Å²) in [5, 5.41) is 3.89. The van der Waals surface area contributed by atoms with Crippen LogP contribution in [-0.4, -0.2) is 18.7 Å². The second-order valence-electron chi connectivity index (χ2n) is 11.2. The van der Waals surface area contributed by atoms with Crippen LogP contribution in [0.25, 0.3) is 39.0 Å². The van der Waals surface area contributed by atoms with Crippen LogP contribution in [-0.2, 0) is 0 Å². The van der Waals surface area contributed by atoms with Crippen LogP contribution >= 0.6 is 11.6 Å². The highest BCUT2D eigenvalue weighted by molar-refractivity contribution is 6.31. The third-order valence-electron chi connectivity index (χ3n) is 7.96. The number of hydrogen-bond donors (Lipinski definition) is 1. The summed E-state index contributed by atoms with van der Waals surface area (Å²) in [6.07, 6.45) is 6.13. The molecule has 0 aliphatic rings. The normalized spacial score (nSPS) is 12.4. The Balaban J connectivity index is 1.63. The molecule has 6 aromatic carbocycles. The van der Waals surface area contributed by atoms with Gasteiger partial charge in [-0.2, -0.15) is 0 Å². The van der Waals surface area contributed by atoms with Gasteiger partial charge in [-0.1, -0.05) is 157 Å². The lowest BCUT2D eigenvalue weighted by molar-refractivity contribution is 1.17. The highest BCUT2D eigenvalue weighted by Gasteiger charge is 2.18. The molecule has 0 atom stereocenters. The Morgan fingerprint density at radius 1 is 0.583 bits per heavy atom. The van der Waals surface area contributed by atoms with Gasteiger partial charge in [-0.3, -0.25) is 0 Å². The molecule has 4 heteroatoms. The summed E-state index contributed by atoms with van der Waals surface area (Å²) >= 11 is 6.36. The summed E-state index contributed by atoms with van der Waals surface area (Å²) < 4.78 is 0. The fraction of sp³-hybridized carbons (Fsp3) is 0.0455. The second-order valence-corrected chi connectivity index (χ2v) is 11.6. The number of nitrogens with zero attached hydrogens (tertiary/aromatic N) is 2. The van der Waals surface area contributed by atoms with Gasteiger partial charge in [0, 0.05) is 35.0 Å². The standard InChI is InChI=1S/C44H36ClN3/c1-3-17-37(31-47-44(35-24-14-7-15-25-35)48-43(46-2)36-26-16-27-39(45)28-36)42-40(33-20-10-5-11-21-33)29-38(32-18-8-4-9-19-32)30-41(42)34-22-12-6-13-23-34/h3-31H,1-2H3,(H,46,47,48)/b17-3-,37-31+. The zero-order chi connectivity index (χ0) is 33.1. The Morgan fingerprint density at radius 3 is 1.62 bits per heavy atom. The van der Waals surface area contributed by atoms with E-state index in [0.717, 1.165) is 55.6 Å². The van der Waals surface area contributed by atoms with Crippen molar-refractivity contribution in [3.63, 3.8) is 0 Å². The van der Waals surface area contributed by atoms with Gasteiger partial charge in [-0.25, -0.2) is 9.98 Å². The number of rotatable bonds is 8. The first-order valence-electron chi connectivity index (χ1n) is 16.0. The van der Waals surface area contributed by atoms with E-state index >= 15 is 0 Å². The van der Waals surface area contributed by atoms with Crippen LogP contribution in [0.3, 0.4) is 0 Å². The van der Waals surface area contributed by atoms with Gasteiger partial charge in [0.2, 0.25) is 0 Å². The maximum absolute atomic E-state index is 6.36. The summed E-state index contributed by atoms with van der Waals surface area (Å²) in [6.45, 7) is 2.04. The molecular formula is C44H36ClN3. The lowest BCUT2D eigenvalue weighted by Gasteiger charge is -2.19. The highest BCUT2D eigenvalue weighted by atomic mass is 35.5. The van der Waals surface area contributed by atoms with Crippen LogP contribution in [0, 0.1) is 0 Å². The fourth-order valence-electron chi connectivity index (χ4n) is 5.70. The third-order valence-corrected chi connectivity index (χ3v) is 8.20. The number of hydrogen-bond acceptors (Lipinski definition) is 1. The molecule has 0 amide bonds. The minimum absolute atomic E-state index is 0.574. The van der Waals surface area contributed by atoms with E-state index in [1.165, 1.54) is 0 Å². The molecule has 0 aromatic heterocycles. The molecule has 0 aliphatic carbocycles. The van der Waals surface area contributed by atoms with Crippen LogP contribution in [0.1, 0.15) is 23.6 Å². The number of amidine groups is 2. The third kappa shape index (κ3) is 7.60. The van der Waals surface area contributed by atoms with Crippen molar-refractivity contribution in [2.45, 2.75) is 6.92 Å². The number of halogens is 1. The Morgan fingerprint density at radius 2 is 1.10 bits per heavy atom. The molecule has 0 saturated heterocycles. The van der Waals surface area contributed by atoms with E-state index in [1.54, 1.807) is 0 Å². The van der Waals surface area contributed by atoms with Crippen molar-refractivity contribution in [3.8, 4) is 33.4 Å². The fourth-order valence-corrected chi connectivity index (χ4v) is 5.89. The van der Waals surface area contributed by atoms with Crippen LogP contribution in [0.2, 0.25) is 5.02 Å². The number of aliphatic imine (C=N–C) groups is 2. The molecule has 0 saturated carbocycles. The molecule has 6 rings (SSSR count). The lowest BCUT2D eigenvalue weighted by Crippen LogP contribution is -2.21. The van der Waals surface area contributed by atoms with Gasteiger partial charge in [-0.15, -0.1) is 0 Å². The summed E-state index contributed by atoms with van der Waals surface area (Å²) in [7, 11) is 1.86. The summed E-state index contributed by atoms with van der Waals surface area (Å²) in [5.74, 6) is 1.24. The summed E-state index contributed by atoms with van der Waals surface area (Å²) in [6, 6.07) is 54.0. The molecular weight excluding hydrogens is 606 g/mol. The van der Waals surface area contributed by atoms with E-state index in [2.05, 4.69) is 121 Å². The zero-order valence-electron chi connectivity index (χ0n) is 27.0. The molecule has 0 aliphatic heterocycles. The minimum atomic E-state index is 0.574. The van der Waals surface area contributed by atoms with Crippen molar-refractivity contribution in [1.82, 2.24) is 5.32 Å².